The Labute approximate surface area is 103 Å². The molecule has 2 nitrogen and oxygen atoms in total. The van der Waals surface area contributed by atoms with Gasteiger partial charge in [0.25, 0.3) is 0 Å². The van der Waals surface area contributed by atoms with Crippen molar-refractivity contribution in [2.45, 2.75) is 32.7 Å². The first-order valence-electron chi connectivity index (χ1n) is 5.94. The van der Waals surface area contributed by atoms with Crippen molar-refractivity contribution in [1.29, 1.82) is 0 Å². The number of nitrogens with zero attached hydrogens (tertiary/aromatic N) is 1. The molecule has 3 heteroatoms. The topological polar surface area (TPSA) is 24.9 Å². The molecule has 1 rings (SSSR count). The van der Waals surface area contributed by atoms with Gasteiger partial charge in [0.1, 0.15) is 0 Å². The van der Waals surface area contributed by atoms with E-state index >= 15 is 0 Å². The van der Waals surface area contributed by atoms with Crippen LogP contribution in [0.25, 0.3) is 0 Å². The lowest BCUT2D eigenvalue weighted by Gasteiger charge is -2.04. The normalized spacial score (nSPS) is 10.6. The monoisotopic (exact) mass is 238 g/mol. The van der Waals surface area contributed by atoms with Gasteiger partial charge in [-0.1, -0.05) is 12.5 Å². The molecule has 0 aliphatic carbocycles. The van der Waals surface area contributed by atoms with E-state index in [1.807, 2.05) is 18.0 Å². The first kappa shape index (κ1) is 13.5. The van der Waals surface area contributed by atoms with Gasteiger partial charge in [-0.3, -0.25) is 4.98 Å². The predicted octanol–water partition coefficient (Wildman–Crippen LogP) is 3.01. The molecule has 0 atom stereocenters. The van der Waals surface area contributed by atoms with Crippen molar-refractivity contribution in [3.05, 3.63) is 29.6 Å². The number of hydrogen-bond donors (Lipinski definition) is 1. The minimum atomic E-state index is 0.892. The number of unbranched alkanes of at least 4 members (excludes halogenated alkanes) is 2. The summed E-state index contributed by atoms with van der Waals surface area (Å²) in [6.07, 6.45) is 8.03. The van der Waals surface area contributed by atoms with Gasteiger partial charge in [-0.05, 0) is 49.9 Å². The molecule has 0 bridgehead atoms. The number of aromatic nitrogens is 1. The second-order valence-corrected chi connectivity index (χ2v) is 5.04. The summed E-state index contributed by atoms with van der Waals surface area (Å²) in [6.45, 7) is 4.06. The molecule has 0 amide bonds. The Morgan fingerprint density at radius 3 is 2.81 bits per heavy atom. The fourth-order valence-electron chi connectivity index (χ4n) is 1.49. The highest BCUT2D eigenvalue weighted by molar-refractivity contribution is 7.98. The summed E-state index contributed by atoms with van der Waals surface area (Å²) >= 11 is 1.93. The third-order valence-corrected chi connectivity index (χ3v) is 3.18. The van der Waals surface area contributed by atoms with Gasteiger partial charge in [0.05, 0.1) is 5.69 Å². The lowest BCUT2D eigenvalue weighted by molar-refractivity contribution is 0.612. The molecule has 0 unspecified atom stereocenters. The average Bonchev–Trinajstić information content (AvgIpc) is 2.30. The van der Waals surface area contributed by atoms with Crippen LogP contribution in [0.4, 0.5) is 0 Å². The van der Waals surface area contributed by atoms with Crippen LogP contribution in [0.15, 0.2) is 18.3 Å². The van der Waals surface area contributed by atoms with E-state index in [0.29, 0.717) is 0 Å². The van der Waals surface area contributed by atoms with Crippen molar-refractivity contribution in [2.75, 3.05) is 18.6 Å². The number of thioether (sulfide) groups is 1. The van der Waals surface area contributed by atoms with Crippen molar-refractivity contribution in [3.8, 4) is 0 Å². The van der Waals surface area contributed by atoms with Crippen LogP contribution >= 0.6 is 11.8 Å². The smallest absolute Gasteiger partial charge is 0.0541 e. The van der Waals surface area contributed by atoms with E-state index in [9.17, 15) is 0 Å². The van der Waals surface area contributed by atoms with Gasteiger partial charge in [-0.25, -0.2) is 0 Å². The van der Waals surface area contributed by atoms with Gasteiger partial charge >= 0.3 is 0 Å². The van der Waals surface area contributed by atoms with Crippen molar-refractivity contribution in [2.24, 2.45) is 0 Å². The molecule has 1 N–H and O–H groups in total. The van der Waals surface area contributed by atoms with E-state index < -0.39 is 0 Å². The first-order valence-corrected chi connectivity index (χ1v) is 7.33. The second-order valence-electron chi connectivity index (χ2n) is 4.06. The summed E-state index contributed by atoms with van der Waals surface area (Å²) in [5.41, 5.74) is 2.36. The van der Waals surface area contributed by atoms with E-state index in [1.165, 1.54) is 30.6 Å². The third-order valence-electron chi connectivity index (χ3n) is 2.48. The van der Waals surface area contributed by atoms with E-state index in [4.69, 9.17) is 0 Å². The van der Waals surface area contributed by atoms with Crippen molar-refractivity contribution in [1.82, 2.24) is 10.3 Å². The molecular weight excluding hydrogens is 216 g/mol. The number of nitrogens with one attached hydrogen (secondary N) is 1. The van der Waals surface area contributed by atoms with Crippen LogP contribution in [-0.2, 0) is 6.54 Å². The largest absolute Gasteiger partial charge is 0.311 e. The summed E-state index contributed by atoms with van der Waals surface area (Å²) in [6, 6.07) is 4.21. The summed E-state index contributed by atoms with van der Waals surface area (Å²) in [5.74, 6) is 1.29. The number of rotatable bonds is 8. The van der Waals surface area contributed by atoms with E-state index in [1.54, 1.807) is 0 Å². The Kier molecular flexibility index (Phi) is 7.26. The van der Waals surface area contributed by atoms with Gasteiger partial charge in [0, 0.05) is 12.7 Å². The zero-order chi connectivity index (χ0) is 11.6. The van der Waals surface area contributed by atoms with Crippen molar-refractivity contribution < 1.29 is 0 Å². The lowest BCUT2D eigenvalue weighted by atomic mass is 10.2. The Morgan fingerprint density at radius 1 is 1.25 bits per heavy atom. The molecule has 1 aromatic heterocycles. The summed E-state index contributed by atoms with van der Waals surface area (Å²) in [4.78, 5) is 4.36. The molecule has 0 saturated carbocycles. The van der Waals surface area contributed by atoms with Crippen LogP contribution in [0.2, 0.25) is 0 Å². The Morgan fingerprint density at radius 2 is 2.12 bits per heavy atom. The van der Waals surface area contributed by atoms with Crippen LogP contribution in [-0.4, -0.2) is 23.5 Å². The van der Waals surface area contributed by atoms with E-state index in [0.717, 1.165) is 18.8 Å². The highest BCUT2D eigenvalue weighted by Crippen LogP contribution is 2.02. The van der Waals surface area contributed by atoms with Gasteiger partial charge in [-0.2, -0.15) is 11.8 Å². The van der Waals surface area contributed by atoms with E-state index in [-0.39, 0.29) is 0 Å². The third kappa shape index (κ3) is 6.13. The van der Waals surface area contributed by atoms with Crippen LogP contribution < -0.4 is 5.32 Å². The zero-order valence-electron chi connectivity index (χ0n) is 10.3. The molecule has 0 saturated heterocycles. The number of aryl methyl sites for hydroxylation is 1. The first-order chi connectivity index (χ1) is 7.83. The standard InChI is InChI=1S/C13H22N2S/c1-12-6-7-13(15-10-12)11-14-8-4-3-5-9-16-2/h6-7,10,14H,3-5,8-9,11H2,1-2H3. The summed E-state index contributed by atoms with van der Waals surface area (Å²) < 4.78 is 0. The fourth-order valence-corrected chi connectivity index (χ4v) is 1.99. The van der Waals surface area contributed by atoms with Crippen LogP contribution in [0.3, 0.4) is 0 Å². The highest BCUT2D eigenvalue weighted by Gasteiger charge is 1.93. The summed E-state index contributed by atoms with van der Waals surface area (Å²) in [7, 11) is 0. The molecule has 0 aliphatic heterocycles. The Balaban J connectivity index is 2.01. The van der Waals surface area contributed by atoms with Crippen LogP contribution in [0.5, 0.6) is 0 Å². The molecule has 0 aliphatic rings. The Bertz CT molecular complexity index is 272. The molecule has 1 aromatic rings. The van der Waals surface area contributed by atoms with Gasteiger partial charge in [0.2, 0.25) is 0 Å². The zero-order valence-corrected chi connectivity index (χ0v) is 11.1. The average molecular weight is 238 g/mol. The SMILES string of the molecule is CSCCCCCNCc1ccc(C)cn1. The van der Waals surface area contributed by atoms with Gasteiger partial charge in [0.15, 0.2) is 0 Å². The maximum atomic E-state index is 4.36. The molecule has 0 aromatic carbocycles. The molecule has 1 heterocycles. The molecule has 16 heavy (non-hydrogen) atoms. The molecule has 0 spiro atoms. The molecule has 0 fully saturated rings. The maximum Gasteiger partial charge on any atom is 0.0541 e. The maximum absolute atomic E-state index is 4.36. The lowest BCUT2D eigenvalue weighted by Crippen LogP contribution is -2.15. The van der Waals surface area contributed by atoms with E-state index in [2.05, 4.69) is 35.6 Å². The van der Waals surface area contributed by atoms with Crippen molar-refractivity contribution in [3.63, 3.8) is 0 Å². The van der Waals surface area contributed by atoms with Crippen molar-refractivity contribution >= 4 is 11.8 Å². The molecule has 90 valence electrons. The molecular formula is C13H22N2S. The quantitative estimate of drug-likeness (QED) is 0.705. The van der Waals surface area contributed by atoms with Crippen LogP contribution in [0.1, 0.15) is 30.5 Å². The Hall–Kier alpha value is -0.540. The minimum absolute atomic E-state index is 0.892. The fraction of sp³-hybridized carbons (Fsp3) is 0.615. The minimum Gasteiger partial charge on any atom is -0.311 e. The highest BCUT2D eigenvalue weighted by atomic mass is 32.2. The number of pyridine rings is 1. The summed E-state index contributed by atoms with van der Waals surface area (Å²) in [5, 5.41) is 3.43. The van der Waals surface area contributed by atoms with Gasteiger partial charge in [-0.15, -0.1) is 0 Å². The number of hydrogen-bond acceptors (Lipinski definition) is 3. The second kappa shape index (κ2) is 8.59. The van der Waals surface area contributed by atoms with Gasteiger partial charge < -0.3 is 5.32 Å². The van der Waals surface area contributed by atoms with Crippen LogP contribution in [0, 0.1) is 6.92 Å². The molecule has 0 radical (unpaired) electrons. The predicted molar refractivity (Wildman–Crippen MR) is 72.9 cm³/mol.